The van der Waals surface area contributed by atoms with Crippen LogP contribution in [0.4, 0.5) is 0 Å². The van der Waals surface area contributed by atoms with Crippen LogP contribution >= 0.6 is 63.7 Å². The minimum absolute atomic E-state index is 0.316. The fourth-order valence-electron chi connectivity index (χ4n) is 3.99. The molecule has 0 spiro atoms. The van der Waals surface area contributed by atoms with Crippen LogP contribution in [0.3, 0.4) is 0 Å². The molecule has 0 saturated carbocycles. The van der Waals surface area contributed by atoms with Gasteiger partial charge in [0.25, 0.3) is 0 Å². The number of hydrogen-bond acceptors (Lipinski definition) is 4. The number of rotatable bonds is 6. The molecule has 0 aliphatic heterocycles. The minimum atomic E-state index is 0.316. The maximum atomic E-state index is 9.30. The molecule has 0 fully saturated rings. The highest BCUT2D eigenvalue weighted by Gasteiger charge is 2.07. The second kappa shape index (κ2) is 21.1. The van der Waals surface area contributed by atoms with Crippen LogP contribution in [0.2, 0.25) is 0 Å². The molecule has 0 saturated heterocycles. The number of benzene rings is 4. The highest BCUT2D eigenvalue weighted by atomic mass is 79.9. The Hall–Kier alpha value is -2.00. The Balaban J connectivity index is 0.000000307. The average molecular weight is 888 g/mol. The topological polar surface area (TPSA) is 58.9 Å². The number of ether oxygens (including phenoxy) is 2. The van der Waals surface area contributed by atoms with E-state index in [-0.39, 0.29) is 0 Å². The van der Waals surface area contributed by atoms with E-state index in [4.69, 9.17) is 14.6 Å². The van der Waals surface area contributed by atoms with Gasteiger partial charge in [-0.3, -0.25) is 0 Å². The van der Waals surface area contributed by atoms with Gasteiger partial charge in [0.05, 0.1) is 23.2 Å². The van der Waals surface area contributed by atoms with E-state index >= 15 is 0 Å². The quantitative estimate of drug-likeness (QED) is 0.203. The summed E-state index contributed by atoms with van der Waals surface area (Å²) in [5.41, 5.74) is 4.89. The standard InChI is InChI=1S/2C10H13BrO.2C9H11BrO/c1-7(2)9-6-8(12-3)4-5-10(9)11;1-7(2)8-4-5-9(11)10(6-8)12-3;1-6(2)8-5-7(11)3-4-9(8)10;1-6(2)7-3-4-8(10)9(11)5-7/h2*4-7H,1-3H3;2*3-6,11H,1-2H3. The third kappa shape index (κ3) is 14.4. The molecule has 0 heterocycles. The molecule has 0 amide bonds. The summed E-state index contributed by atoms with van der Waals surface area (Å²) in [5, 5.41) is 18.5. The molecular weight excluding hydrogens is 840 g/mol. The van der Waals surface area contributed by atoms with Crippen LogP contribution in [-0.4, -0.2) is 24.4 Å². The van der Waals surface area contributed by atoms with Crippen molar-refractivity contribution >= 4 is 63.7 Å². The Labute approximate surface area is 310 Å². The number of phenols is 2. The lowest BCUT2D eigenvalue weighted by molar-refractivity contribution is 0.411. The molecule has 0 aliphatic carbocycles. The Morgan fingerprint density at radius 2 is 0.935 bits per heavy atom. The van der Waals surface area contributed by atoms with Crippen molar-refractivity contribution in [2.45, 2.75) is 79.1 Å². The smallest absolute Gasteiger partial charge is 0.133 e. The normalized spacial score (nSPS) is 10.5. The Bertz CT molecular complexity index is 1500. The van der Waals surface area contributed by atoms with Gasteiger partial charge < -0.3 is 19.7 Å². The van der Waals surface area contributed by atoms with Gasteiger partial charge in [0.1, 0.15) is 23.0 Å². The van der Waals surface area contributed by atoms with Crippen LogP contribution in [0.5, 0.6) is 23.0 Å². The summed E-state index contributed by atoms with van der Waals surface area (Å²) in [6.45, 7) is 17.1. The first-order chi connectivity index (χ1) is 21.5. The van der Waals surface area contributed by atoms with Crippen LogP contribution in [0, 0.1) is 0 Å². The van der Waals surface area contributed by atoms with Crippen molar-refractivity contribution in [1.29, 1.82) is 0 Å². The van der Waals surface area contributed by atoms with E-state index in [1.54, 1.807) is 32.4 Å². The zero-order valence-corrected chi connectivity index (χ0v) is 34.8. The number of methoxy groups -OCH3 is 2. The predicted octanol–water partition coefficient (Wildman–Crippen LogP) is 13.7. The lowest BCUT2D eigenvalue weighted by Crippen LogP contribution is -1.91. The molecule has 4 rings (SSSR count). The van der Waals surface area contributed by atoms with E-state index in [0.717, 1.165) is 40.5 Å². The molecule has 4 nitrogen and oxygen atoms in total. The van der Waals surface area contributed by atoms with Gasteiger partial charge in [-0.1, -0.05) is 99.4 Å². The zero-order chi connectivity index (χ0) is 35.1. The molecule has 2 N–H and O–H groups in total. The third-order valence-corrected chi connectivity index (χ3v) is 9.68. The summed E-state index contributed by atoms with van der Waals surface area (Å²) in [6, 6.07) is 23.2. The first-order valence-electron chi connectivity index (χ1n) is 15.2. The van der Waals surface area contributed by atoms with Gasteiger partial charge in [-0.2, -0.15) is 0 Å². The summed E-state index contributed by atoms with van der Waals surface area (Å²) in [5.74, 6) is 4.45. The van der Waals surface area contributed by atoms with Crippen molar-refractivity contribution in [2.75, 3.05) is 14.2 Å². The van der Waals surface area contributed by atoms with Gasteiger partial charge in [-0.15, -0.1) is 0 Å². The van der Waals surface area contributed by atoms with E-state index in [1.807, 2.05) is 36.4 Å². The number of hydrogen-bond donors (Lipinski definition) is 2. The van der Waals surface area contributed by atoms with Gasteiger partial charge in [0.15, 0.2) is 0 Å². The maximum Gasteiger partial charge on any atom is 0.133 e. The fourth-order valence-corrected chi connectivity index (χ4v) is 6.05. The van der Waals surface area contributed by atoms with E-state index in [9.17, 15) is 5.11 Å². The molecule has 0 unspecified atom stereocenters. The number of phenolic OH excluding ortho intramolecular Hbond substituents is 2. The molecule has 0 radical (unpaired) electrons. The second-order valence-corrected chi connectivity index (χ2v) is 15.2. The summed E-state index contributed by atoms with van der Waals surface area (Å²) >= 11 is 13.6. The Kier molecular flexibility index (Phi) is 19.2. The molecule has 46 heavy (non-hydrogen) atoms. The predicted molar refractivity (Wildman–Crippen MR) is 209 cm³/mol. The van der Waals surface area contributed by atoms with Crippen LogP contribution < -0.4 is 9.47 Å². The second-order valence-electron chi connectivity index (χ2n) is 11.8. The largest absolute Gasteiger partial charge is 0.508 e. The van der Waals surface area contributed by atoms with Crippen molar-refractivity contribution in [3.05, 3.63) is 113 Å². The van der Waals surface area contributed by atoms with Gasteiger partial charge in [0.2, 0.25) is 0 Å². The van der Waals surface area contributed by atoms with Crippen LogP contribution in [0.25, 0.3) is 0 Å². The molecule has 8 heteroatoms. The van der Waals surface area contributed by atoms with Crippen molar-refractivity contribution in [3.8, 4) is 23.0 Å². The summed E-state index contributed by atoms with van der Waals surface area (Å²) < 4.78 is 14.3. The van der Waals surface area contributed by atoms with E-state index in [0.29, 0.717) is 35.2 Å². The highest BCUT2D eigenvalue weighted by molar-refractivity contribution is 9.11. The number of halogens is 4. The first-order valence-corrected chi connectivity index (χ1v) is 18.3. The van der Waals surface area contributed by atoms with Crippen LogP contribution in [0.1, 0.15) is 101 Å². The lowest BCUT2D eigenvalue weighted by atomic mass is 10.0. The summed E-state index contributed by atoms with van der Waals surface area (Å²) in [6.07, 6.45) is 0. The van der Waals surface area contributed by atoms with Gasteiger partial charge in [-0.05, 0) is 138 Å². The van der Waals surface area contributed by atoms with Crippen LogP contribution in [-0.2, 0) is 0 Å². The molecule has 252 valence electrons. The first kappa shape index (κ1) is 42.0. The molecule has 4 aromatic carbocycles. The van der Waals surface area contributed by atoms with Crippen molar-refractivity contribution in [2.24, 2.45) is 0 Å². The molecule has 4 aromatic rings. The molecule has 0 bridgehead atoms. The molecule has 0 aliphatic rings. The van der Waals surface area contributed by atoms with Gasteiger partial charge in [0, 0.05) is 8.95 Å². The summed E-state index contributed by atoms with van der Waals surface area (Å²) in [7, 11) is 3.37. The monoisotopic (exact) mass is 884 g/mol. The minimum Gasteiger partial charge on any atom is -0.508 e. The van der Waals surface area contributed by atoms with Crippen molar-refractivity contribution in [1.82, 2.24) is 0 Å². The average Bonchev–Trinajstić information content (AvgIpc) is 3.00. The third-order valence-electron chi connectivity index (χ3n) is 6.91. The van der Waals surface area contributed by atoms with E-state index < -0.39 is 0 Å². The van der Waals surface area contributed by atoms with Gasteiger partial charge in [-0.25, -0.2) is 0 Å². The maximum absolute atomic E-state index is 9.30. The molecule has 0 aromatic heterocycles. The van der Waals surface area contributed by atoms with E-state index in [1.165, 1.54) is 11.1 Å². The van der Waals surface area contributed by atoms with E-state index in [2.05, 4.69) is 137 Å². The van der Waals surface area contributed by atoms with Crippen molar-refractivity contribution in [3.63, 3.8) is 0 Å². The van der Waals surface area contributed by atoms with Gasteiger partial charge >= 0.3 is 0 Å². The highest BCUT2D eigenvalue weighted by Crippen LogP contribution is 2.30. The van der Waals surface area contributed by atoms with Crippen molar-refractivity contribution < 1.29 is 19.7 Å². The van der Waals surface area contributed by atoms with Crippen LogP contribution in [0.15, 0.2) is 90.7 Å². The Morgan fingerprint density at radius 1 is 0.478 bits per heavy atom. The zero-order valence-electron chi connectivity index (χ0n) is 28.5. The molecular formula is C38H48Br4O4. The summed E-state index contributed by atoms with van der Waals surface area (Å²) in [4.78, 5) is 0. The SMILES string of the molecule is CC(C)c1cc(O)ccc1Br.CC(C)c1ccc(Br)c(O)c1.COc1cc(C(C)C)ccc1Br.COc1ccc(Br)c(C(C)C)c1. The molecule has 0 atom stereocenters. The number of aromatic hydroxyl groups is 2. The Morgan fingerprint density at radius 3 is 1.37 bits per heavy atom. The lowest BCUT2D eigenvalue weighted by Gasteiger charge is -2.09. The fraction of sp³-hybridized carbons (Fsp3) is 0.368.